The Morgan fingerprint density at radius 1 is 1.18 bits per heavy atom. The standard InChI is InChI=1S/C16H20N4O2/c1-4-8-17-15(21)20-13-6-5-7-14(10-13)22-16-18-11(2)9-12(3)19-16/h5-7,9-10H,4,8H2,1-3H3,(H2,17,20,21). The highest BCUT2D eigenvalue weighted by Gasteiger charge is 2.05. The van der Waals surface area contributed by atoms with Gasteiger partial charge in [0.2, 0.25) is 0 Å². The lowest BCUT2D eigenvalue weighted by atomic mass is 10.3. The van der Waals surface area contributed by atoms with Gasteiger partial charge in [-0.05, 0) is 38.5 Å². The third-order valence-corrected chi connectivity index (χ3v) is 2.80. The summed E-state index contributed by atoms with van der Waals surface area (Å²) in [6, 6.07) is 9.05. The van der Waals surface area contributed by atoms with Crippen molar-refractivity contribution in [3.63, 3.8) is 0 Å². The van der Waals surface area contributed by atoms with Crippen molar-refractivity contribution in [2.45, 2.75) is 27.2 Å². The Bertz CT molecular complexity index is 638. The van der Waals surface area contributed by atoms with E-state index in [0.29, 0.717) is 24.0 Å². The minimum absolute atomic E-state index is 0.235. The second-order valence-corrected chi connectivity index (χ2v) is 4.94. The molecule has 0 saturated heterocycles. The van der Waals surface area contributed by atoms with Gasteiger partial charge in [-0.2, -0.15) is 0 Å². The van der Waals surface area contributed by atoms with Gasteiger partial charge in [-0.25, -0.2) is 14.8 Å². The molecule has 2 amide bonds. The zero-order chi connectivity index (χ0) is 15.9. The normalized spacial score (nSPS) is 10.1. The molecule has 116 valence electrons. The van der Waals surface area contributed by atoms with Gasteiger partial charge in [-0.3, -0.25) is 0 Å². The number of rotatable bonds is 5. The Kier molecular flexibility index (Phi) is 5.30. The Morgan fingerprint density at radius 3 is 2.59 bits per heavy atom. The van der Waals surface area contributed by atoms with E-state index in [4.69, 9.17) is 4.74 Å². The number of aryl methyl sites for hydroxylation is 2. The molecule has 0 bridgehead atoms. The Balaban J connectivity index is 2.06. The van der Waals surface area contributed by atoms with Gasteiger partial charge in [0.15, 0.2) is 0 Å². The lowest BCUT2D eigenvalue weighted by molar-refractivity contribution is 0.252. The monoisotopic (exact) mass is 300 g/mol. The number of hydrogen-bond donors (Lipinski definition) is 2. The molecule has 0 unspecified atom stereocenters. The lowest BCUT2D eigenvalue weighted by Gasteiger charge is -2.09. The number of amides is 2. The summed E-state index contributed by atoms with van der Waals surface area (Å²) in [5, 5.41) is 5.50. The van der Waals surface area contributed by atoms with Crippen molar-refractivity contribution in [2.24, 2.45) is 0 Å². The van der Waals surface area contributed by atoms with Gasteiger partial charge in [-0.15, -0.1) is 0 Å². The number of benzene rings is 1. The van der Waals surface area contributed by atoms with Gasteiger partial charge < -0.3 is 15.4 Å². The Labute approximate surface area is 129 Å². The highest BCUT2D eigenvalue weighted by atomic mass is 16.5. The molecule has 22 heavy (non-hydrogen) atoms. The van der Waals surface area contributed by atoms with Gasteiger partial charge in [0.05, 0.1) is 0 Å². The Morgan fingerprint density at radius 2 is 1.91 bits per heavy atom. The molecule has 0 saturated carbocycles. The maximum Gasteiger partial charge on any atom is 0.322 e. The molecule has 2 aromatic rings. The van der Waals surface area contributed by atoms with E-state index in [1.165, 1.54) is 0 Å². The molecule has 2 N–H and O–H groups in total. The lowest BCUT2D eigenvalue weighted by Crippen LogP contribution is -2.29. The van der Waals surface area contributed by atoms with Crippen LogP contribution in [-0.2, 0) is 0 Å². The number of carbonyl (C=O) groups excluding carboxylic acids is 1. The Hall–Kier alpha value is -2.63. The summed E-state index contributed by atoms with van der Waals surface area (Å²) in [7, 11) is 0. The smallest absolute Gasteiger partial charge is 0.322 e. The van der Waals surface area contributed by atoms with Crippen LogP contribution < -0.4 is 15.4 Å². The average molecular weight is 300 g/mol. The summed E-state index contributed by atoms with van der Waals surface area (Å²) in [4.78, 5) is 20.1. The van der Waals surface area contributed by atoms with E-state index >= 15 is 0 Å². The third-order valence-electron chi connectivity index (χ3n) is 2.80. The summed E-state index contributed by atoms with van der Waals surface area (Å²) >= 11 is 0. The largest absolute Gasteiger partial charge is 0.424 e. The number of urea groups is 1. The average Bonchev–Trinajstić information content (AvgIpc) is 2.44. The molecule has 0 aliphatic carbocycles. The third kappa shape index (κ3) is 4.73. The molecule has 0 aliphatic rings. The number of hydrogen-bond acceptors (Lipinski definition) is 4. The molecule has 1 aromatic heterocycles. The molecule has 6 nitrogen and oxygen atoms in total. The van der Waals surface area contributed by atoms with Crippen molar-refractivity contribution in [3.05, 3.63) is 41.7 Å². The summed E-state index contributed by atoms with van der Waals surface area (Å²) in [5.41, 5.74) is 2.34. The molecule has 0 radical (unpaired) electrons. The van der Waals surface area contributed by atoms with Gasteiger partial charge in [-0.1, -0.05) is 13.0 Å². The van der Waals surface area contributed by atoms with Gasteiger partial charge >= 0.3 is 12.0 Å². The molecule has 0 atom stereocenters. The summed E-state index contributed by atoms with van der Waals surface area (Å²) in [5.74, 6) is 0.568. The summed E-state index contributed by atoms with van der Waals surface area (Å²) < 4.78 is 5.65. The fourth-order valence-electron chi connectivity index (χ4n) is 1.90. The quantitative estimate of drug-likeness (QED) is 0.887. The van der Waals surface area contributed by atoms with Crippen molar-refractivity contribution >= 4 is 11.7 Å². The molecule has 1 aromatic carbocycles. The number of nitrogens with one attached hydrogen (secondary N) is 2. The predicted molar refractivity (Wildman–Crippen MR) is 85.3 cm³/mol. The van der Waals surface area contributed by atoms with Gasteiger partial charge in [0, 0.05) is 29.7 Å². The molecule has 0 fully saturated rings. The first-order valence-corrected chi connectivity index (χ1v) is 7.22. The number of aromatic nitrogens is 2. The summed E-state index contributed by atoms with van der Waals surface area (Å²) in [6.07, 6.45) is 0.890. The van der Waals surface area contributed by atoms with Crippen molar-refractivity contribution < 1.29 is 9.53 Å². The van der Waals surface area contributed by atoms with Gasteiger partial charge in [0.25, 0.3) is 0 Å². The van der Waals surface area contributed by atoms with E-state index < -0.39 is 0 Å². The zero-order valence-electron chi connectivity index (χ0n) is 13.0. The topological polar surface area (TPSA) is 76.1 Å². The van der Waals surface area contributed by atoms with Crippen LogP contribution >= 0.6 is 0 Å². The van der Waals surface area contributed by atoms with Crippen LogP contribution in [0.2, 0.25) is 0 Å². The zero-order valence-corrected chi connectivity index (χ0v) is 13.0. The van der Waals surface area contributed by atoms with E-state index in [1.54, 1.807) is 24.3 Å². The molecular formula is C16H20N4O2. The second kappa shape index (κ2) is 7.40. The fraction of sp³-hybridized carbons (Fsp3) is 0.312. The molecule has 0 spiro atoms. The molecular weight excluding hydrogens is 280 g/mol. The maximum atomic E-state index is 11.6. The second-order valence-electron chi connectivity index (χ2n) is 4.94. The van der Waals surface area contributed by atoms with E-state index in [1.807, 2.05) is 26.8 Å². The number of anilines is 1. The van der Waals surface area contributed by atoms with Crippen molar-refractivity contribution in [3.8, 4) is 11.8 Å². The van der Waals surface area contributed by atoms with Crippen LogP contribution in [0.25, 0.3) is 0 Å². The highest BCUT2D eigenvalue weighted by Crippen LogP contribution is 2.22. The number of carbonyl (C=O) groups is 1. The molecule has 0 aliphatic heterocycles. The van der Waals surface area contributed by atoms with Crippen LogP contribution in [0.15, 0.2) is 30.3 Å². The SMILES string of the molecule is CCCNC(=O)Nc1cccc(Oc2nc(C)cc(C)n2)c1. The van der Waals surface area contributed by atoms with E-state index in [0.717, 1.165) is 17.8 Å². The van der Waals surface area contributed by atoms with Crippen LogP contribution in [-0.4, -0.2) is 22.5 Å². The first-order valence-electron chi connectivity index (χ1n) is 7.22. The van der Waals surface area contributed by atoms with E-state index in [2.05, 4.69) is 20.6 Å². The van der Waals surface area contributed by atoms with E-state index in [9.17, 15) is 4.79 Å². The summed E-state index contributed by atoms with van der Waals surface area (Å²) in [6.45, 7) is 6.41. The van der Waals surface area contributed by atoms with Crippen molar-refractivity contribution in [1.29, 1.82) is 0 Å². The molecule has 2 rings (SSSR count). The van der Waals surface area contributed by atoms with Crippen molar-refractivity contribution in [2.75, 3.05) is 11.9 Å². The van der Waals surface area contributed by atoms with E-state index in [-0.39, 0.29) is 6.03 Å². The minimum atomic E-state index is -0.235. The number of nitrogens with zero attached hydrogens (tertiary/aromatic N) is 2. The number of ether oxygens (including phenoxy) is 1. The maximum absolute atomic E-state index is 11.6. The molecule has 6 heteroatoms. The van der Waals surface area contributed by atoms with Crippen LogP contribution in [0.5, 0.6) is 11.8 Å². The predicted octanol–water partition coefficient (Wildman–Crippen LogP) is 3.42. The van der Waals surface area contributed by atoms with Gasteiger partial charge in [0.1, 0.15) is 5.75 Å². The van der Waals surface area contributed by atoms with Crippen LogP contribution in [0.4, 0.5) is 10.5 Å². The highest BCUT2D eigenvalue weighted by molar-refractivity contribution is 5.89. The fourth-order valence-corrected chi connectivity index (χ4v) is 1.90. The first kappa shape index (κ1) is 15.8. The minimum Gasteiger partial charge on any atom is -0.424 e. The van der Waals surface area contributed by atoms with Crippen LogP contribution in [0.1, 0.15) is 24.7 Å². The van der Waals surface area contributed by atoms with Crippen LogP contribution in [0, 0.1) is 13.8 Å². The van der Waals surface area contributed by atoms with Crippen LogP contribution in [0.3, 0.4) is 0 Å². The molecule has 1 heterocycles. The van der Waals surface area contributed by atoms with Crippen molar-refractivity contribution in [1.82, 2.24) is 15.3 Å². The first-order chi connectivity index (χ1) is 10.6.